The van der Waals surface area contributed by atoms with Gasteiger partial charge in [0.1, 0.15) is 10.8 Å². The van der Waals surface area contributed by atoms with E-state index in [1.54, 1.807) is 0 Å². The van der Waals surface area contributed by atoms with Gasteiger partial charge in [-0.15, -0.1) is 20.4 Å². The van der Waals surface area contributed by atoms with E-state index >= 15 is 0 Å². The van der Waals surface area contributed by atoms with E-state index in [0.29, 0.717) is 16.2 Å². The van der Waals surface area contributed by atoms with E-state index in [-0.39, 0.29) is 23.8 Å². The maximum absolute atomic E-state index is 12.4. The Hall–Kier alpha value is -2.46. The highest BCUT2D eigenvalue weighted by molar-refractivity contribution is 7.99. The van der Waals surface area contributed by atoms with Crippen molar-refractivity contribution in [2.24, 2.45) is 0 Å². The van der Waals surface area contributed by atoms with Gasteiger partial charge in [-0.1, -0.05) is 56.0 Å². The van der Waals surface area contributed by atoms with Gasteiger partial charge in [-0.2, -0.15) is 0 Å². The first-order valence-electron chi connectivity index (χ1n) is 11.2. The molecule has 3 rings (SSSR count). The second-order valence-corrected chi connectivity index (χ2v) is 10.4. The fourth-order valence-corrected chi connectivity index (χ4v) is 4.97. The van der Waals surface area contributed by atoms with Crippen molar-refractivity contribution in [2.75, 3.05) is 11.1 Å². The SMILES string of the molecule is CCCc1nnc(NC(=O)CSc2nnc(C(C)Oc3ccc(C(C)C)cc3)n2C(C)C)s1. The van der Waals surface area contributed by atoms with Crippen molar-refractivity contribution < 1.29 is 9.53 Å². The molecule has 1 N–H and O–H groups in total. The number of thioether (sulfide) groups is 1. The van der Waals surface area contributed by atoms with Crippen LogP contribution in [0.25, 0.3) is 0 Å². The fourth-order valence-electron chi connectivity index (χ4n) is 3.24. The molecule has 1 aromatic carbocycles. The Morgan fingerprint density at radius 2 is 1.82 bits per heavy atom. The summed E-state index contributed by atoms with van der Waals surface area (Å²) in [6.07, 6.45) is 1.58. The number of amides is 1. The second-order valence-electron chi connectivity index (χ2n) is 8.38. The molecule has 0 saturated heterocycles. The molecule has 0 fully saturated rings. The largest absolute Gasteiger partial charge is 0.483 e. The van der Waals surface area contributed by atoms with Crippen LogP contribution in [0, 0.1) is 0 Å². The minimum atomic E-state index is -0.286. The lowest BCUT2D eigenvalue weighted by molar-refractivity contribution is -0.113. The van der Waals surface area contributed by atoms with Gasteiger partial charge in [0.05, 0.1) is 5.75 Å². The third-order valence-electron chi connectivity index (χ3n) is 4.94. The number of anilines is 1. The highest BCUT2D eigenvalue weighted by Crippen LogP contribution is 2.28. The zero-order valence-corrected chi connectivity index (χ0v) is 21.7. The molecular formula is C23H32N6O2S2. The average molecular weight is 489 g/mol. The molecule has 0 aliphatic heterocycles. The van der Waals surface area contributed by atoms with Crippen LogP contribution in [-0.4, -0.2) is 36.6 Å². The summed E-state index contributed by atoms with van der Waals surface area (Å²) >= 11 is 2.76. The highest BCUT2D eigenvalue weighted by Gasteiger charge is 2.22. The van der Waals surface area contributed by atoms with Crippen molar-refractivity contribution >= 4 is 34.1 Å². The summed E-state index contributed by atoms with van der Waals surface area (Å²) in [6.45, 7) is 12.5. The van der Waals surface area contributed by atoms with Gasteiger partial charge in [0.25, 0.3) is 0 Å². The summed E-state index contributed by atoms with van der Waals surface area (Å²) in [4.78, 5) is 12.4. The molecule has 0 spiro atoms. The van der Waals surface area contributed by atoms with Gasteiger partial charge in [0.2, 0.25) is 11.0 Å². The zero-order chi connectivity index (χ0) is 24.0. The lowest BCUT2D eigenvalue weighted by Crippen LogP contribution is -2.16. The molecule has 0 radical (unpaired) electrons. The fraction of sp³-hybridized carbons (Fsp3) is 0.522. The quantitative estimate of drug-likeness (QED) is 0.348. The number of aryl methyl sites for hydroxylation is 1. The van der Waals surface area contributed by atoms with Crippen LogP contribution in [0.2, 0.25) is 0 Å². The topological polar surface area (TPSA) is 94.8 Å². The van der Waals surface area contributed by atoms with Crippen LogP contribution >= 0.6 is 23.1 Å². The first kappa shape index (κ1) is 25.2. The normalized spacial score (nSPS) is 12.4. The molecule has 1 amide bonds. The average Bonchev–Trinajstić information content (AvgIpc) is 3.40. The van der Waals surface area contributed by atoms with E-state index in [2.05, 4.69) is 72.5 Å². The van der Waals surface area contributed by atoms with Crippen LogP contribution in [0.15, 0.2) is 29.4 Å². The van der Waals surface area contributed by atoms with Gasteiger partial charge in [-0.05, 0) is 50.8 Å². The third kappa shape index (κ3) is 6.77. The standard InChI is InChI=1S/C23H32N6O2S2/c1-7-8-20-25-27-22(33-20)24-19(30)13-32-23-28-26-21(29(23)15(4)5)16(6)31-18-11-9-17(10-12-18)14(2)3/h9-12,14-16H,7-8,13H2,1-6H3,(H,24,27,30). The molecule has 1 atom stereocenters. The number of carbonyl (C=O) groups is 1. The number of benzene rings is 1. The molecular weight excluding hydrogens is 456 g/mol. The van der Waals surface area contributed by atoms with Crippen molar-refractivity contribution in [2.45, 2.75) is 77.6 Å². The van der Waals surface area contributed by atoms with Crippen LogP contribution in [-0.2, 0) is 11.2 Å². The minimum Gasteiger partial charge on any atom is -0.483 e. The minimum absolute atomic E-state index is 0.120. The predicted molar refractivity (Wildman–Crippen MR) is 133 cm³/mol. The Labute approximate surface area is 203 Å². The van der Waals surface area contributed by atoms with Gasteiger partial charge in [-0.3, -0.25) is 10.1 Å². The van der Waals surface area contributed by atoms with Crippen molar-refractivity contribution in [1.29, 1.82) is 0 Å². The Balaban J connectivity index is 1.63. The van der Waals surface area contributed by atoms with Gasteiger partial charge < -0.3 is 9.30 Å². The van der Waals surface area contributed by atoms with Gasteiger partial charge in [-0.25, -0.2) is 0 Å². The monoisotopic (exact) mass is 488 g/mol. The Bertz CT molecular complexity index is 1050. The van der Waals surface area contributed by atoms with E-state index in [1.165, 1.54) is 28.7 Å². The van der Waals surface area contributed by atoms with Crippen LogP contribution in [0.4, 0.5) is 5.13 Å². The molecule has 2 aromatic heterocycles. The van der Waals surface area contributed by atoms with Gasteiger partial charge in [0.15, 0.2) is 17.1 Å². The Morgan fingerprint density at radius 3 is 2.45 bits per heavy atom. The lowest BCUT2D eigenvalue weighted by Gasteiger charge is -2.19. The Kier molecular flexibility index (Phi) is 8.85. The number of nitrogens with zero attached hydrogens (tertiary/aromatic N) is 5. The molecule has 33 heavy (non-hydrogen) atoms. The van der Waals surface area contributed by atoms with Crippen molar-refractivity contribution in [1.82, 2.24) is 25.0 Å². The molecule has 1 unspecified atom stereocenters. The van der Waals surface area contributed by atoms with Crippen LogP contribution < -0.4 is 10.1 Å². The van der Waals surface area contributed by atoms with Crippen molar-refractivity contribution in [3.8, 4) is 5.75 Å². The molecule has 8 nitrogen and oxygen atoms in total. The zero-order valence-electron chi connectivity index (χ0n) is 20.0. The Morgan fingerprint density at radius 1 is 1.09 bits per heavy atom. The molecule has 0 bridgehead atoms. The molecule has 3 aromatic rings. The number of aromatic nitrogens is 5. The molecule has 178 valence electrons. The van der Waals surface area contributed by atoms with E-state index in [1.807, 2.05) is 23.6 Å². The van der Waals surface area contributed by atoms with Crippen molar-refractivity contribution in [3.63, 3.8) is 0 Å². The van der Waals surface area contributed by atoms with Crippen LogP contribution in [0.5, 0.6) is 5.75 Å². The van der Waals surface area contributed by atoms with E-state index in [4.69, 9.17) is 4.74 Å². The number of carbonyl (C=O) groups excluding carboxylic acids is 1. The smallest absolute Gasteiger partial charge is 0.236 e. The maximum atomic E-state index is 12.4. The van der Waals surface area contributed by atoms with E-state index in [0.717, 1.165) is 29.4 Å². The van der Waals surface area contributed by atoms with E-state index < -0.39 is 0 Å². The van der Waals surface area contributed by atoms with Crippen molar-refractivity contribution in [3.05, 3.63) is 40.7 Å². The van der Waals surface area contributed by atoms with Crippen LogP contribution in [0.1, 0.15) is 82.4 Å². The number of nitrogens with one attached hydrogen (secondary N) is 1. The summed E-state index contributed by atoms with van der Waals surface area (Å²) < 4.78 is 8.16. The van der Waals surface area contributed by atoms with Crippen LogP contribution in [0.3, 0.4) is 0 Å². The second kappa shape index (κ2) is 11.6. The predicted octanol–water partition coefficient (Wildman–Crippen LogP) is 5.66. The summed E-state index contributed by atoms with van der Waals surface area (Å²) in [6, 6.07) is 8.27. The summed E-state index contributed by atoms with van der Waals surface area (Å²) in [5.74, 6) is 2.06. The molecule has 10 heteroatoms. The van der Waals surface area contributed by atoms with Gasteiger partial charge >= 0.3 is 0 Å². The lowest BCUT2D eigenvalue weighted by atomic mass is 10.0. The number of hydrogen-bond donors (Lipinski definition) is 1. The number of ether oxygens (including phenoxy) is 1. The molecule has 2 heterocycles. The van der Waals surface area contributed by atoms with E-state index in [9.17, 15) is 4.79 Å². The first-order valence-corrected chi connectivity index (χ1v) is 13.0. The maximum Gasteiger partial charge on any atom is 0.236 e. The molecule has 0 saturated carbocycles. The highest BCUT2D eigenvalue weighted by atomic mass is 32.2. The summed E-state index contributed by atoms with van der Waals surface area (Å²) in [5, 5.41) is 21.8. The summed E-state index contributed by atoms with van der Waals surface area (Å²) in [5.41, 5.74) is 1.27. The first-order chi connectivity index (χ1) is 15.8. The summed E-state index contributed by atoms with van der Waals surface area (Å²) in [7, 11) is 0. The molecule has 0 aliphatic rings. The third-order valence-corrected chi connectivity index (χ3v) is 6.78. The number of hydrogen-bond acceptors (Lipinski definition) is 8. The number of rotatable bonds is 11. The van der Waals surface area contributed by atoms with Gasteiger partial charge in [0, 0.05) is 12.5 Å². The molecule has 0 aliphatic carbocycles.